The van der Waals surface area contributed by atoms with Crippen LogP contribution in [0.25, 0.3) is 0 Å². The second kappa shape index (κ2) is 7.13. The summed E-state index contributed by atoms with van der Waals surface area (Å²) in [6.45, 7) is 10.5. The number of nitrogens with zero attached hydrogens (tertiary/aromatic N) is 1. The molecule has 19 heavy (non-hydrogen) atoms. The molecule has 0 aromatic carbocycles. The molecule has 0 aromatic heterocycles. The third-order valence-corrected chi connectivity index (χ3v) is 3.30. The Labute approximate surface area is 117 Å². The maximum atomic E-state index is 12.3. The molecular formula is C15H29NO3. The average Bonchev–Trinajstić information content (AvgIpc) is 2.67. The first kappa shape index (κ1) is 16.3. The van der Waals surface area contributed by atoms with Crippen molar-refractivity contribution in [3.63, 3.8) is 0 Å². The summed E-state index contributed by atoms with van der Waals surface area (Å²) in [4.78, 5) is 14.2. The highest BCUT2D eigenvalue weighted by Gasteiger charge is 2.39. The van der Waals surface area contributed by atoms with Crippen LogP contribution in [0.15, 0.2) is 0 Å². The van der Waals surface area contributed by atoms with Crippen LogP contribution in [0.3, 0.4) is 0 Å². The highest BCUT2D eigenvalue weighted by molar-refractivity contribution is 5.69. The summed E-state index contributed by atoms with van der Waals surface area (Å²) in [5, 5.41) is 0. The Bertz CT molecular complexity index is 286. The third kappa shape index (κ3) is 5.01. The molecule has 1 amide bonds. The molecule has 0 aromatic rings. The topological polar surface area (TPSA) is 38.8 Å². The summed E-state index contributed by atoms with van der Waals surface area (Å²) in [7, 11) is 0. The first-order valence-electron chi connectivity index (χ1n) is 7.52. The van der Waals surface area contributed by atoms with E-state index < -0.39 is 5.60 Å². The quantitative estimate of drug-likeness (QED) is 0.760. The van der Waals surface area contributed by atoms with Gasteiger partial charge in [0.2, 0.25) is 0 Å². The van der Waals surface area contributed by atoms with E-state index in [1.807, 2.05) is 32.6 Å². The smallest absolute Gasteiger partial charge is 0.412 e. The van der Waals surface area contributed by atoms with E-state index in [2.05, 4.69) is 6.92 Å². The number of carbonyl (C=O) groups is 1. The van der Waals surface area contributed by atoms with Gasteiger partial charge in [0, 0.05) is 12.6 Å². The normalized spacial score (nSPS) is 23.7. The molecule has 1 aliphatic rings. The molecule has 0 bridgehead atoms. The second-order valence-corrected chi connectivity index (χ2v) is 6.17. The van der Waals surface area contributed by atoms with Crippen molar-refractivity contribution in [1.82, 2.24) is 4.90 Å². The number of unbranched alkanes of at least 4 members (excludes halogenated alkanes) is 1. The lowest BCUT2D eigenvalue weighted by Gasteiger charge is -2.32. The standard InChI is InChI=1S/C15H29NO3/c1-6-8-9-12-10-11-13(18-7-2)16(12)14(17)19-15(3,4)5/h12-13H,6-11H2,1-5H3/t12-,13?/m1/s1. The Morgan fingerprint density at radius 1 is 1.26 bits per heavy atom. The largest absolute Gasteiger partial charge is 0.444 e. The van der Waals surface area contributed by atoms with Crippen molar-refractivity contribution in [2.24, 2.45) is 0 Å². The fourth-order valence-corrected chi connectivity index (χ4v) is 2.51. The van der Waals surface area contributed by atoms with Gasteiger partial charge in [0.25, 0.3) is 0 Å². The molecule has 4 nitrogen and oxygen atoms in total. The van der Waals surface area contributed by atoms with Gasteiger partial charge in [-0.15, -0.1) is 0 Å². The van der Waals surface area contributed by atoms with E-state index in [1.165, 1.54) is 0 Å². The maximum Gasteiger partial charge on any atom is 0.412 e. The van der Waals surface area contributed by atoms with Gasteiger partial charge < -0.3 is 9.47 Å². The number of carbonyl (C=O) groups excluding carboxylic acids is 1. The van der Waals surface area contributed by atoms with Gasteiger partial charge >= 0.3 is 6.09 Å². The molecule has 1 unspecified atom stereocenters. The van der Waals surface area contributed by atoms with Crippen molar-refractivity contribution in [2.75, 3.05) is 6.61 Å². The Morgan fingerprint density at radius 3 is 2.47 bits per heavy atom. The highest BCUT2D eigenvalue weighted by atomic mass is 16.6. The van der Waals surface area contributed by atoms with Crippen LogP contribution in [0.5, 0.6) is 0 Å². The van der Waals surface area contributed by atoms with E-state index in [9.17, 15) is 4.79 Å². The zero-order chi connectivity index (χ0) is 14.5. The van der Waals surface area contributed by atoms with Crippen LogP contribution in [0.4, 0.5) is 4.79 Å². The van der Waals surface area contributed by atoms with Gasteiger partial charge in [-0.05, 0) is 47.0 Å². The van der Waals surface area contributed by atoms with E-state index in [-0.39, 0.29) is 18.4 Å². The Morgan fingerprint density at radius 2 is 1.95 bits per heavy atom. The van der Waals surface area contributed by atoms with Crippen LogP contribution in [0.2, 0.25) is 0 Å². The number of hydrogen-bond acceptors (Lipinski definition) is 3. The lowest BCUT2D eigenvalue weighted by atomic mass is 10.1. The van der Waals surface area contributed by atoms with Crippen molar-refractivity contribution in [1.29, 1.82) is 0 Å². The minimum Gasteiger partial charge on any atom is -0.444 e. The fourth-order valence-electron chi connectivity index (χ4n) is 2.51. The molecule has 1 saturated heterocycles. The summed E-state index contributed by atoms with van der Waals surface area (Å²) in [6, 6.07) is 0.270. The number of likely N-dealkylation sites (tertiary alicyclic amines) is 1. The van der Waals surface area contributed by atoms with Crippen molar-refractivity contribution in [2.45, 2.75) is 84.6 Å². The lowest BCUT2D eigenvalue weighted by molar-refractivity contribution is -0.0562. The monoisotopic (exact) mass is 271 g/mol. The van der Waals surface area contributed by atoms with Crippen LogP contribution >= 0.6 is 0 Å². The number of hydrogen-bond donors (Lipinski definition) is 0. The number of ether oxygens (including phenoxy) is 2. The summed E-state index contributed by atoms with van der Waals surface area (Å²) in [5.74, 6) is 0. The fraction of sp³-hybridized carbons (Fsp3) is 0.933. The molecule has 1 heterocycles. The van der Waals surface area contributed by atoms with Gasteiger partial charge in [-0.2, -0.15) is 0 Å². The van der Waals surface area contributed by atoms with Gasteiger partial charge in [0.1, 0.15) is 11.8 Å². The molecule has 2 atom stereocenters. The van der Waals surface area contributed by atoms with Gasteiger partial charge in [0.05, 0.1) is 0 Å². The molecule has 4 heteroatoms. The first-order chi connectivity index (χ1) is 8.89. The zero-order valence-electron chi connectivity index (χ0n) is 13.1. The molecule has 0 saturated carbocycles. The van der Waals surface area contributed by atoms with Crippen LogP contribution in [-0.2, 0) is 9.47 Å². The van der Waals surface area contributed by atoms with Gasteiger partial charge in [-0.3, -0.25) is 4.90 Å². The minimum absolute atomic E-state index is 0.110. The Kier molecular flexibility index (Phi) is 6.11. The molecule has 1 fully saturated rings. The van der Waals surface area contributed by atoms with Crippen molar-refractivity contribution >= 4 is 6.09 Å². The van der Waals surface area contributed by atoms with Crippen molar-refractivity contribution < 1.29 is 14.3 Å². The van der Waals surface area contributed by atoms with Gasteiger partial charge in [-0.1, -0.05) is 19.8 Å². The van der Waals surface area contributed by atoms with Crippen molar-refractivity contribution in [3.05, 3.63) is 0 Å². The highest BCUT2D eigenvalue weighted by Crippen LogP contribution is 2.30. The predicted molar refractivity (Wildman–Crippen MR) is 76.0 cm³/mol. The molecule has 0 spiro atoms. The van der Waals surface area contributed by atoms with E-state index in [0.717, 1.165) is 32.1 Å². The van der Waals surface area contributed by atoms with Crippen LogP contribution in [0.1, 0.15) is 66.7 Å². The number of amides is 1. The minimum atomic E-state index is -0.453. The summed E-state index contributed by atoms with van der Waals surface area (Å²) >= 11 is 0. The molecule has 0 radical (unpaired) electrons. The molecular weight excluding hydrogens is 242 g/mol. The SMILES string of the molecule is CCCC[C@@H]1CCC(OCC)N1C(=O)OC(C)(C)C. The lowest BCUT2D eigenvalue weighted by Crippen LogP contribution is -2.45. The van der Waals surface area contributed by atoms with E-state index in [1.54, 1.807) is 0 Å². The van der Waals surface area contributed by atoms with Crippen LogP contribution in [-0.4, -0.2) is 35.5 Å². The van der Waals surface area contributed by atoms with E-state index >= 15 is 0 Å². The first-order valence-corrected chi connectivity index (χ1v) is 7.52. The number of rotatable bonds is 5. The van der Waals surface area contributed by atoms with Gasteiger partial charge in [-0.25, -0.2) is 4.79 Å². The summed E-state index contributed by atoms with van der Waals surface area (Å²) < 4.78 is 11.2. The van der Waals surface area contributed by atoms with E-state index in [0.29, 0.717) is 6.61 Å². The third-order valence-electron chi connectivity index (χ3n) is 3.30. The van der Waals surface area contributed by atoms with Gasteiger partial charge in [0.15, 0.2) is 0 Å². The van der Waals surface area contributed by atoms with E-state index in [4.69, 9.17) is 9.47 Å². The molecule has 1 rings (SSSR count). The second-order valence-electron chi connectivity index (χ2n) is 6.17. The zero-order valence-corrected chi connectivity index (χ0v) is 13.1. The maximum absolute atomic E-state index is 12.3. The molecule has 0 N–H and O–H groups in total. The Balaban J connectivity index is 2.70. The average molecular weight is 271 g/mol. The predicted octanol–water partition coefficient (Wildman–Crippen LogP) is 3.94. The molecule has 1 aliphatic heterocycles. The summed E-state index contributed by atoms with van der Waals surface area (Å²) in [5.41, 5.74) is -0.453. The molecule has 112 valence electrons. The van der Waals surface area contributed by atoms with Crippen LogP contribution in [0, 0.1) is 0 Å². The van der Waals surface area contributed by atoms with Crippen LogP contribution < -0.4 is 0 Å². The summed E-state index contributed by atoms with van der Waals surface area (Å²) in [6.07, 6.45) is 4.93. The Hall–Kier alpha value is -0.770. The van der Waals surface area contributed by atoms with Crippen molar-refractivity contribution in [3.8, 4) is 0 Å². The molecule has 0 aliphatic carbocycles.